The molecule has 0 aliphatic heterocycles. The SMILES string of the molecule is Cc1ccc(CC(=O)c2cc(C)cc(Cl)c2)cc1. The molecule has 0 unspecified atom stereocenters. The van der Waals surface area contributed by atoms with E-state index in [0.29, 0.717) is 17.0 Å². The summed E-state index contributed by atoms with van der Waals surface area (Å²) in [7, 11) is 0. The minimum atomic E-state index is 0.101. The van der Waals surface area contributed by atoms with Crippen LogP contribution in [-0.2, 0) is 6.42 Å². The summed E-state index contributed by atoms with van der Waals surface area (Å²) in [5.74, 6) is 0.101. The largest absolute Gasteiger partial charge is 0.294 e. The molecule has 0 saturated heterocycles. The summed E-state index contributed by atoms with van der Waals surface area (Å²) in [6.07, 6.45) is 0.417. The van der Waals surface area contributed by atoms with Crippen LogP contribution in [0.5, 0.6) is 0 Å². The van der Waals surface area contributed by atoms with E-state index >= 15 is 0 Å². The highest BCUT2D eigenvalue weighted by molar-refractivity contribution is 6.31. The average molecular weight is 259 g/mol. The first-order valence-electron chi connectivity index (χ1n) is 5.90. The van der Waals surface area contributed by atoms with E-state index in [2.05, 4.69) is 0 Å². The fourth-order valence-electron chi connectivity index (χ4n) is 1.89. The van der Waals surface area contributed by atoms with Crippen LogP contribution in [0.2, 0.25) is 5.02 Å². The number of rotatable bonds is 3. The van der Waals surface area contributed by atoms with Crippen molar-refractivity contribution in [1.82, 2.24) is 0 Å². The van der Waals surface area contributed by atoms with E-state index in [9.17, 15) is 4.79 Å². The molecule has 0 N–H and O–H groups in total. The number of hydrogen-bond donors (Lipinski definition) is 0. The van der Waals surface area contributed by atoms with Crippen molar-refractivity contribution in [2.75, 3.05) is 0 Å². The van der Waals surface area contributed by atoms with E-state index in [4.69, 9.17) is 11.6 Å². The van der Waals surface area contributed by atoms with Gasteiger partial charge in [0.05, 0.1) is 0 Å². The topological polar surface area (TPSA) is 17.1 Å². The molecule has 2 rings (SSSR count). The molecule has 0 spiro atoms. The maximum absolute atomic E-state index is 12.1. The van der Waals surface area contributed by atoms with Gasteiger partial charge in [-0.3, -0.25) is 4.79 Å². The van der Waals surface area contributed by atoms with E-state index in [0.717, 1.165) is 11.1 Å². The molecule has 0 aromatic heterocycles. The Morgan fingerprint density at radius 1 is 1.00 bits per heavy atom. The van der Waals surface area contributed by atoms with E-state index in [-0.39, 0.29) is 5.78 Å². The van der Waals surface area contributed by atoms with Crippen LogP contribution in [0.3, 0.4) is 0 Å². The minimum absolute atomic E-state index is 0.101. The number of carbonyl (C=O) groups excluding carboxylic acids is 1. The summed E-state index contributed by atoms with van der Waals surface area (Å²) in [6.45, 7) is 3.97. The van der Waals surface area contributed by atoms with Gasteiger partial charge in [-0.1, -0.05) is 41.4 Å². The van der Waals surface area contributed by atoms with Gasteiger partial charge in [0, 0.05) is 17.0 Å². The van der Waals surface area contributed by atoms with Crippen molar-refractivity contribution in [1.29, 1.82) is 0 Å². The second-order valence-electron chi connectivity index (χ2n) is 4.60. The molecule has 0 bridgehead atoms. The maximum atomic E-state index is 12.1. The molecule has 18 heavy (non-hydrogen) atoms. The molecule has 1 nitrogen and oxygen atoms in total. The molecule has 0 atom stereocenters. The number of benzene rings is 2. The fourth-order valence-corrected chi connectivity index (χ4v) is 2.18. The normalized spacial score (nSPS) is 10.4. The third-order valence-electron chi connectivity index (χ3n) is 2.85. The van der Waals surface area contributed by atoms with E-state index in [1.165, 1.54) is 5.56 Å². The first-order chi connectivity index (χ1) is 8.54. The average Bonchev–Trinajstić information content (AvgIpc) is 2.31. The van der Waals surface area contributed by atoms with Crippen molar-refractivity contribution >= 4 is 17.4 Å². The van der Waals surface area contributed by atoms with Crippen LogP contribution in [0, 0.1) is 13.8 Å². The van der Waals surface area contributed by atoms with Crippen LogP contribution in [0.4, 0.5) is 0 Å². The second kappa shape index (κ2) is 5.36. The third-order valence-corrected chi connectivity index (χ3v) is 3.07. The van der Waals surface area contributed by atoms with Crippen LogP contribution >= 0.6 is 11.6 Å². The lowest BCUT2D eigenvalue weighted by Crippen LogP contribution is -2.03. The van der Waals surface area contributed by atoms with Crippen LogP contribution in [0.1, 0.15) is 27.0 Å². The molecule has 0 amide bonds. The highest BCUT2D eigenvalue weighted by atomic mass is 35.5. The minimum Gasteiger partial charge on any atom is -0.294 e. The van der Waals surface area contributed by atoms with Gasteiger partial charge in [0.25, 0.3) is 0 Å². The van der Waals surface area contributed by atoms with Crippen LogP contribution in [0.25, 0.3) is 0 Å². The number of halogens is 1. The summed E-state index contributed by atoms with van der Waals surface area (Å²) in [5.41, 5.74) is 3.92. The lowest BCUT2D eigenvalue weighted by Gasteiger charge is -2.04. The van der Waals surface area contributed by atoms with Gasteiger partial charge < -0.3 is 0 Å². The van der Waals surface area contributed by atoms with E-state index < -0.39 is 0 Å². The Labute approximate surface area is 112 Å². The fraction of sp³-hybridized carbons (Fsp3) is 0.188. The summed E-state index contributed by atoms with van der Waals surface area (Å²) in [4.78, 5) is 12.1. The van der Waals surface area contributed by atoms with Gasteiger partial charge in [-0.25, -0.2) is 0 Å². The molecule has 0 saturated carbocycles. The summed E-state index contributed by atoms with van der Waals surface area (Å²) in [6, 6.07) is 13.5. The smallest absolute Gasteiger partial charge is 0.167 e. The Morgan fingerprint density at radius 3 is 2.28 bits per heavy atom. The number of Topliss-reactive ketones (excluding diaryl/α,β-unsaturated/α-hetero) is 1. The quantitative estimate of drug-likeness (QED) is 0.747. The maximum Gasteiger partial charge on any atom is 0.167 e. The van der Waals surface area contributed by atoms with Crippen LogP contribution < -0.4 is 0 Å². The van der Waals surface area contributed by atoms with Crippen molar-refractivity contribution in [2.24, 2.45) is 0 Å². The Hall–Kier alpha value is -1.60. The zero-order chi connectivity index (χ0) is 13.1. The number of aryl methyl sites for hydroxylation is 2. The monoisotopic (exact) mass is 258 g/mol. The molecule has 2 aromatic rings. The lowest BCUT2D eigenvalue weighted by atomic mass is 10.0. The molecule has 92 valence electrons. The molecule has 2 heteroatoms. The van der Waals surface area contributed by atoms with Gasteiger partial charge in [-0.15, -0.1) is 0 Å². The molecule has 0 fully saturated rings. The molecular weight excluding hydrogens is 244 g/mol. The predicted molar refractivity (Wildman–Crippen MR) is 75.4 cm³/mol. The van der Waals surface area contributed by atoms with Gasteiger partial charge in [0.2, 0.25) is 0 Å². The molecule has 2 aromatic carbocycles. The number of carbonyl (C=O) groups is 1. The van der Waals surface area contributed by atoms with Crippen molar-refractivity contribution in [2.45, 2.75) is 20.3 Å². The van der Waals surface area contributed by atoms with Crippen molar-refractivity contribution in [3.63, 3.8) is 0 Å². The summed E-state index contributed by atoms with van der Waals surface area (Å²) >= 11 is 5.97. The highest BCUT2D eigenvalue weighted by Crippen LogP contribution is 2.16. The first kappa shape index (κ1) is 12.8. The summed E-state index contributed by atoms with van der Waals surface area (Å²) < 4.78 is 0. The highest BCUT2D eigenvalue weighted by Gasteiger charge is 2.08. The molecule has 0 aliphatic carbocycles. The van der Waals surface area contributed by atoms with Crippen molar-refractivity contribution < 1.29 is 4.79 Å². The van der Waals surface area contributed by atoms with Gasteiger partial charge in [-0.05, 0) is 43.2 Å². The number of ketones is 1. The Kier molecular flexibility index (Phi) is 3.83. The zero-order valence-corrected chi connectivity index (χ0v) is 11.3. The third kappa shape index (κ3) is 3.21. The first-order valence-corrected chi connectivity index (χ1v) is 6.28. The molecular formula is C16H15ClO. The molecule has 0 heterocycles. The standard InChI is InChI=1S/C16H15ClO/c1-11-3-5-13(6-4-11)9-16(18)14-7-12(2)8-15(17)10-14/h3-8,10H,9H2,1-2H3. The van der Waals surface area contributed by atoms with Gasteiger partial charge in [-0.2, -0.15) is 0 Å². The van der Waals surface area contributed by atoms with E-state index in [1.54, 1.807) is 6.07 Å². The Balaban J connectivity index is 2.19. The zero-order valence-electron chi connectivity index (χ0n) is 10.5. The van der Waals surface area contributed by atoms with Gasteiger partial charge >= 0.3 is 0 Å². The van der Waals surface area contributed by atoms with Crippen molar-refractivity contribution in [3.8, 4) is 0 Å². The van der Waals surface area contributed by atoms with Gasteiger partial charge in [0.15, 0.2) is 5.78 Å². The van der Waals surface area contributed by atoms with Crippen LogP contribution in [-0.4, -0.2) is 5.78 Å². The predicted octanol–water partition coefficient (Wildman–Crippen LogP) is 4.38. The van der Waals surface area contributed by atoms with Gasteiger partial charge in [0.1, 0.15) is 0 Å². The lowest BCUT2D eigenvalue weighted by molar-refractivity contribution is 0.0993. The number of hydrogen-bond acceptors (Lipinski definition) is 1. The molecule has 0 radical (unpaired) electrons. The Bertz CT molecular complexity index is 550. The second-order valence-corrected chi connectivity index (χ2v) is 5.04. The van der Waals surface area contributed by atoms with Crippen molar-refractivity contribution in [3.05, 3.63) is 69.7 Å². The Morgan fingerprint density at radius 2 is 1.67 bits per heavy atom. The summed E-state index contributed by atoms with van der Waals surface area (Å²) in [5, 5.41) is 0.613. The van der Waals surface area contributed by atoms with E-state index in [1.807, 2.05) is 50.2 Å². The van der Waals surface area contributed by atoms with Crippen LogP contribution in [0.15, 0.2) is 42.5 Å². The molecule has 0 aliphatic rings.